The summed E-state index contributed by atoms with van der Waals surface area (Å²) < 4.78 is 5.82. The van der Waals surface area contributed by atoms with Gasteiger partial charge in [-0.2, -0.15) is 5.10 Å². The molecule has 1 amide bonds. The quantitative estimate of drug-likeness (QED) is 0.204. The molecule has 0 aliphatic heterocycles. The molecule has 162 valence electrons. The number of unbranched alkanes of at least 4 members (excludes halogenated alkanes) is 8. The van der Waals surface area contributed by atoms with Crippen LogP contribution in [0.1, 0.15) is 82.3 Å². The van der Waals surface area contributed by atoms with Crippen LogP contribution in [0.3, 0.4) is 0 Å². The first-order valence-corrected chi connectivity index (χ1v) is 11.4. The van der Waals surface area contributed by atoms with Crippen molar-refractivity contribution in [3.05, 3.63) is 65.7 Å². The molecule has 2 aromatic carbocycles. The van der Waals surface area contributed by atoms with Crippen molar-refractivity contribution in [3.8, 4) is 5.75 Å². The molecular formula is C26H36N2O2. The summed E-state index contributed by atoms with van der Waals surface area (Å²) in [5.74, 6) is 0.759. The fraction of sp³-hybridized carbons (Fsp3) is 0.462. The Bertz CT molecular complexity index is 744. The first-order valence-electron chi connectivity index (χ1n) is 11.4. The van der Waals surface area contributed by atoms with Crippen LogP contribution in [0.2, 0.25) is 0 Å². The summed E-state index contributed by atoms with van der Waals surface area (Å²) in [5, 5.41) is 4.08. The molecule has 0 saturated carbocycles. The van der Waals surface area contributed by atoms with Crippen LogP contribution in [0, 0.1) is 0 Å². The molecule has 2 rings (SSSR count). The Hall–Kier alpha value is -2.62. The van der Waals surface area contributed by atoms with Gasteiger partial charge >= 0.3 is 0 Å². The number of benzene rings is 2. The maximum absolute atomic E-state index is 11.9. The van der Waals surface area contributed by atoms with Gasteiger partial charge in [-0.3, -0.25) is 4.79 Å². The van der Waals surface area contributed by atoms with Crippen LogP contribution in [-0.2, 0) is 11.4 Å². The van der Waals surface area contributed by atoms with Crippen LogP contribution in [0.25, 0.3) is 0 Å². The topological polar surface area (TPSA) is 50.7 Å². The number of nitrogens with one attached hydrogen (secondary N) is 1. The molecule has 0 bridgehead atoms. The van der Waals surface area contributed by atoms with Crippen LogP contribution < -0.4 is 10.2 Å². The average Bonchev–Trinajstić information content (AvgIpc) is 2.77. The minimum Gasteiger partial charge on any atom is -0.489 e. The van der Waals surface area contributed by atoms with E-state index in [1.165, 1.54) is 44.9 Å². The van der Waals surface area contributed by atoms with Crippen molar-refractivity contribution in [2.24, 2.45) is 5.10 Å². The molecule has 0 unspecified atom stereocenters. The molecule has 4 nitrogen and oxygen atoms in total. The number of ether oxygens (including phenoxy) is 1. The van der Waals surface area contributed by atoms with Gasteiger partial charge in [-0.15, -0.1) is 0 Å². The first-order chi connectivity index (χ1) is 14.8. The van der Waals surface area contributed by atoms with Gasteiger partial charge in [-0.1, -0.05) is 101 Å². The Kier molecular flexibility index (Phi) is 12.0. The van der Waals surface area contributed by atoms with Crippen molar-refractivity contribution < 1.29 is 9.53 Å². The number of carbonyl (C=O) groups is 1. The lowest BCUT2D eigenvalue weighted by atomic mass is 10.1. The van der Waals surface area contributed by atoms with Gasteiger partial charge in [-0.05, 0) is 29.7 Å². The molecule has 0 spiro atoms. The lowest BCUT2D eigenvalue weighted by Gasteiger charge is -2.06. The number of rotatable bonds is 15. The minimum absolute atomic E-state index is 0.0225. The van der Waals surface area contributed by atoms with Gasteiger partial charge in [0.1, 0.15) is 12.4 Å². The second-order valence-corrected chi connectivity index (χ2v) is 7.72. The minimum atomic E-state index is -0.0225. The monoisotopic (exact) mass is 408 g/mol. The second kappa shape index (κ2) is 15.3. The van der Waals surface area contributed by atoms with Gasteiger partial charge < -0.3 is 4.74 Å². The van der Waals surface area contributed by atoms with E-state index in [1.54, 1.807) is 6.21 Å². The third-order valence-electron chi connectivity index (χ3n) is 5.02. The fourth-order valence-electron chi connectivity index (χ4n) is 3.26. The maximum Gasteiger partial charge on any atom is 0.240 e. The molecule has 2 aromatic rings. The van der Waals surface area contributed by atoms with Gasteiger partial charge in [-0.25, -0.2) is 5.43 Å². The number of hydrogen-bond donors (Lipinski definition) is 1. The highest BCUT2D eigenvalue weighted by molar-refractivity contribution is 5.82. The zero-order chi connectivity index (χ0) is 21.3. The maximum atomic E-state index is 11.9. The highest BCUT2D eigenvalue weighted by Crippen LogP contribution is 2.14. The first kappa shape index (κ1) is 23.7. The predicted octanol–water partition coefficient (Wildman–Crippen LogP) is 6.64. The van der Waals surface area contributed by atoms with Gasteiger partial charge in [0.25, 0.3) is 0 Å². The van der Waals surface area contributed by atoms with Crippen molar-refractivity contribution in [2.45, 2.75) is 77.7 Å². The molecule has 1 N–H and O–H groups in total. The lowest BCUT2D eigenvalue weighted by molar-refractivity contribution is -0.121. The summed E-state index contributed by atoms with van der Waals surface area (Å²) in [6.07, 6.45) is 13.4. The molecule has 4 heteroatoms. The summed E-state index contributed by atoms with van der Waals surface area (Å²) in [4.78, 5) is 11.9. The zero-order valence-corrected chi connectivity index (χ0v) is 18.3. The summed E-state index contributed by atoms with van der Waals surface area (Å²) in [6, 6.07) is 17.8. The predicted molar refractivity (Wildman–Crippen MR) is 125 cm³/mol. The smallest absolute Gasteiger partial charge is 0.240 e. The normalized spacial score (nSPS) is 11.0. The van der Waals surface area contributed by atoms with Crippen LogP contribution >= 0.6 is 0 Å². The second-order valence-electron chi connectivity index (χ2n) is 7.72. The van der Waals surface area contributed by atoms with E-state index in [4.69, 9.17) is 4.74 Å². The SMILES string of the molecule is CCCCCCCCCCCC(=O)N/N=C\c1cccc(OCc2ccccc2)c1. The third kappa shape index (κ3) is 10.8. The van der Waals surface area contributed by atoms with Crippen molar-refractivity contribution >= 4 is 12.1 Å². The van der Waals surface area contributed by atoms with Gasteiger partial charge in [0.15, 0.2) is 0 Å². The van der Waals surface area contributed by atoms with E-state index in [9.17, 15) is 4.79 Å². The largest absolute Gasteiger partial charge is 0.489 e. The van der Waals surface area contributed by atoms with Crippen molar-refractivity contribution in [3.63, 3.8) is 0 Å². The third-order valence-corrected chi connectivity index (χ3v) is 5.02. The van der Waals surface area contributed by atoms with Crippen LogP contribution in [0.15, 0.2) is 59.7 Å². The van der Waals surface area contributed by atoms with E-state index in [0.717, 1.165) is 29.7 Å². The van der Waals surface area contributed by atoms with Crippen molar-refractivity contribution in [1.82, 2.24) is 5.43 Å². The van der Waals surface area contributed by atoms with Crippen molar-refractivity contribution in [1.29, 1.82) is 0 Å². The number of carbonyl (C=O) groups excluding carboxylic acids is 1. The Morgan fingerprint density at radius 3 is 2.33 bits per heavy atom. The van der Waals surface area contributed by atoms with E-state index in [1.807, 2.05) is 54.6 Å². The molecule has 0 heterocycles. The zero-order valence-electron chi connectivity index (χ0n) is 18.3. The number of hydrazone groups is 1. The number of nitrogens with zero attached hydrogens (tertiary/aromatic N) is 1. The Morgan fingerprint density at radius 1 is 0.900 bits per heavy atom. The molecule has 0 aromatic heterocycles. The lowest BCUT2D eigenvalue weighted by Crippen LogP contribution is -2.16. The molecule has 0 fully saturated rings. The van der Waals surface area contributed by atoms with E-state index >= 15 is 0 Å². The molecule has 30 heavy (non-hydrogen) atoms. The molecule has 0 atom stereocenters. The van der Waals surface area contributed by atoms with E-state index in [0.29, 0.717) is 13.0 Å². The highest BCUT2D eigenvalue weighted by atomic mass is 16.5. The Balaban J connectivity index is 1.58. The van der Waals surface area contributed by atoms with Gasteiger partial charge in [0.05, 0.1) is 6.21 Å². The Labute approximate surface area is 181 Å². The average molecular weight is 409 g/mol. The molecule has 0 aliphatic rings. The summed E-state index contributed by atoms with van der Waals surface area (Å²) >= 11 is 0. The van der Waals surface area contributed by atoms with E-state index in [2.05, 4.69) is 17.5 Å². The van der Waals surface area contributed by atoms with Crippen LogP contribution in [0.5, 0.6) is 5.75 Å². The summed E-state index contributed by atoms with van der Waals surface area (Å²) in [6.45, 7) is 2.77. The molecule has 0 radical (unpaired) electrons. The van der Waals surface area contributed by atoms with E-state index in [-0.39, 0.29) is 5.91 Å². The van der Waals surface area contributed by atoms with Gasteiger partial charge in [0.2, 0.25) is 5.91 Å². The van der Waals surface area contributed by atoms with E-state index < -0.39 is 0 Å². The van der Waals surface area contributed by atoms with Crippen molar-refractivity contribution in [2.75, 3.05) is 0 Å². The van der Waals surface area contributed by atoms with Gasteiger partial charge in [0, 0.05) is 6.42 Å². The van der Waals surface area contributed by atoms with Crippen LogP contribution in [-0.4, -0.2) is 12.1 Å². The summed E-state index contributed by atoms with van der Waals surface area (Å²) in [7, 11) is 0. The number of hydrogen-bond acceptors (Lipinski definition) is 3. The van der Waals surface area contributed by atoms with Crippen LogP contribution in [0.4, 0.5) is 0 Å². The summed E-state index contributed by atoms with van der Waals surface area (Å²) in [5.41, 5.74) is 4.64. The molecule has 0 aliphatic carbocycles. The number of amides is 1. The fourth-order valence-corrected chi connectivity index (χ4v) is 3.26. The standard InChI is InChI=1S/C26H36N2O2/c1-2-3-4-5-6-7-8-9-13-19-26(29)28-27-21-24-17-14-18-25(20-24)30-22-23-15-11-10-12-16-23/h10-12,14-18,20-21H,2-9,13,19,22H2,1H3,(H,28,29)/b27-21-. The highest BCUT2D eigenvalue weighted by Gasteiger charge is 2.00. The molecule has 0 saturated heterocycles. The molecular weight excluding hydrogens is 372 g/mol. The Morgan fingerprint density at radius 2 is 1.60 bits per heavy atom.